The molecule has 28 heavy (non-hydrogen) atoms. The van der Waals surface area contributed by atoms with Crippen LogP contribution in [0, 0.1) is 0 Å². The van der Waals surface area contributed by atoms with Crippen molar-refractivity contribution in [1.82, 2.24) is 25.4 Å². The third-order valence-corrected chi connectivity index (χ3v) is 4.69. The van der Waals surface area contributed by atoms with Crippen molar-refractivity contribution >= 4 is 5.96 Å². The summed E-state index contributed by atoms with van der Waals surface area (Å²) in [5.41, 5.74) is 1.18. The summed E-state index contributed by atoms with van der Waals surface area (Å²) in [5.74, 6) is 3.23. The first-order chi connectivity index (χ1) is 13.7. The lowest BCUT2D eigenvalue weighted by Gasteiger charge is -2.25. The number of guanidine groups is 1. The maximum atomic E-state index is 5.72. The molecule has 1 aromatic heterocycles. The molecule has 1 aromatic carbocycles. The van der Waals surface area contributed by atoms with E-state index in [1.807, 2.05) is 22.9 Å². The fraction of sp³-hybridized carbons (Fsp3) is 0.571. The molecule has 7 heteroatoms. The molecule has 1 aliphatic rings. The molecule has 3 rings (SSSR count). The second kappa shape index (κ2) is 10.2. The molecule has 0 amide bonds. The molecule has 2 heterocycles. The Morgan fingerprint density at radius 2 is 2.14 bits per heavy atom. The number of benzene rings is 1. The van der Waals surface area contributed by atoms with Crippen LogP contribution >= 0.6 is 0 Å². The lowest BCUT2D eigenvalue weighted by atomic mass is 10.1. The van der Waals surface area contributed by atoms with Gasteiger partial charge in [0.05, 0.1) is 26.3 Å². The van der Waals surface area contributed by atoms with Crippen molar-refractivity contribution in [2.75, 3.05) is 19.7 Å². The maximum Gasteiger partial charge on any atom is 0.191 e. The number of ether oxygens (including phenoxy) is 1. The summed E-state index contributed by atoms with van der Waals surface area (Å²) in [6.07, 6.45) is 1.97. The highest BCUT2D eigenvalue weighted by Crippen LogP contribution is 2.16. The Hall–Kier alpha value is -2.41. The Morgan fingerprint density at radius 1 is 1.32 bits per heavy atom. The molecule has 0 radical (unpaired) electrons. The number of nitrogens with one attached hydrogen (secondary N) is 2. The Labute approximate surface area is 167 Å². The van der Waals surface area contributed by atoms with Crippen LogP contribution < -0.4 is 10.6 Å². The Balaban J connectivity index is 1.47. The van der Waals surface area contributed by atoms with Crippen molar-refractivity contribution in [3.63, 3.8) is 0 Å². The topological polar surface area (TPSA) is 76.4 Å². The molecule has 2 aromatic rings. The van der Waals surface area contributed by atoms with Gasteiger partial charge in [-0.05, 0) is 18.9 Å². The number of rotatable bonds is 8. The molecule has 0 aliphatic carbocycles. The Morgan fingerprint density at radius 3 is 2.89 bits per heavy atom. The monoisotopic (exact) mass is 384 g/mol. The number of aliphatic imine (C=N–C) groups is 1. The highest BCUT2D eigenvalue weighted by atomic mass is 16.5. The number of aromatic nitrogens is 3. The molecular formula is C21H32N6O. The third kappa shape index (κ3) is 5.79. The summed E-state index contributed by atoms with van der Waals surface area (Å²) in [4.78, 5) is 9.31. The van der Waals surface area contributed by atoms with Crippen LogP contribution in [0.3, 0.4) is 0 Å². The second-order valence-corrected chi connectivity index (χ2v) is 7.40. The van der Waals surface area contributed by atoms with Crippen molar-refractivity contribution < 1.29 is 4.74 Å². The first-order valence-electron chi connectivity index (χ1n) is 10.3. The van der Waals surface area contributed by atoms with Crippen LogP contribution in [0.1, 0.15) is 50.3 Å². The summed E-state index contributed by atoms with van der Waals surface area (Å²) < 4.78 is 7.77. The molecule has 1 aliphatic heterocycles. The molecule has 1 atom stereocenters. The largest absolute Gasteiger partial charge is 0.375 e. The van der Waals surface area contributed by atoms with Crippen molar-refractivity contribution in [2.24, 2.45) is 4.99 Å². The van der Waals surface area contributed by atoms with Crippen molar-refractivity contribution in [3.8, 4) is 0 Å². The number of fused-ring (bicyclic) bond motifs is 1. The predicted octanol–water partition coefficient (Wildman–Crippen LogP) is 2.49. The summed E-state index contributed by atoms with van der Waals surface area (Å²) >= 11 is 0. The lowest BCUT2D eigenvalue weighted by Crippen LogP contribution is -2.47. The normalized spacial score (nSPS) is 16.9. The Bertz CT molecular complexity index is 756. The maximum absolute atomic E-state index is 5.72. The minimum absolute atomic E-state index is 0.303. The zero-order valence-electron chi connectivity index (χ0n) is 17.2. The van der Waals surface area contributed by atoms with Crippen molar-refractivity contribution in [2.45, 2.75) is 58.7 Å². The smallest absolute Gasteiger partial charge is 0.191 e. The van der Waals surface area contributed by atoms with Crippen molar-refractivity contribution in [3.05, 3.63) is 47.5 Å². The summed E-state index contributed by atoms with van der Waals surface area (Å²) in [7, 11) is 0. The molecule has 0 saturated carbocycles. The van der Waals surface area contributed by atoms with Gasteiger partial charge in [0, 0.05) is 24.9 Å². The van der Waals surface area contributed by atoms with E-state index in [4.69, 9.17) is 4.74 Å². The quantitative estimate of drug-likeness (QED) is 0.415. The number of aryl methyl sites for hydroxylation is 1. The van der Waals surface area contributed by atoms with E-state index in [9.17, 15) is 0 Å². The van der Waals surface area contributed by atoms with Gasteiger partial charge in [-0.3, -0.25) is 4.99 Å². The number of hydrogen-bond donors (Lipinski definition) is 2. The minimum Gasteiger partial charge on any atom is -0.375 e. The molecule has 0 bridgehead atoms. The zero-order chi connectivity index (χ0) is 19.8. The van der Waals surface area contributed by atoms with Gasteiger partial charge in [0.15, 0.2) is 11.8 Å². The predicted molar refractivity (Wildman–Crippen MR) is 111 cm³/mol. The van der Waals surface area contributed by atoms with Crippen LogP contribution in [0.4, 0.5) is 0 Å². The fourth-order valence-corrected chi connectivity index (χ4v) is 3.19. The summed E-state index contributed by atoms with van der Waals surface area (Å²) in [6, 6.07) is 10.5. The molecule has 152 valence electrons. The number of hydrogen-bond acceptors (Lipinski definition) is 4. The molecule has 1 unspecified atom stereocenters. The van der Waals surface area contributed by atoms with Gasteiger partial charge in [-0.1, -0.05) is 44.2 Å². The lowest BCUT2D eigenvalue weighted by molar-refractivity contribution is 0.128. The van der Waals surface area contributed by atoms with Crippen LogP contribution in [0.25, 0.3) is 0 Å². The first kappa shape index (κ1) is 20.3. The average molecular weight is 385 g/mol. The van der Waals surface area contributed by atoms with Gasteiger partial charge >= 0.3 is 0 Å². The molecule has 0 spiro atoms. The van der Waals surface area contributed by atoms with E-state index in [0.717, 1.165) is 43.5 Å². The van der Waals surface area contributed by atoms with Gasteiger partial charge in [0.1, 0.15) is 5.82 Å². The first-order valence-corrected chi connectivity index (χ1v) is 10.3. The van der Waals surface area contributed by atoms with E-state index in [-0.39, 0.29) is 0 Å². The summed E-state index contributed by atoms with van der Waals surface area (Å²) in [5, 5.41) is 11.5. The van der Waals surface area contributed by atoms with E-state index in [1.54, 1.807) is 0 Å². The second-order valence-electron chi connectivity index (χ2n) is 7.40. The molecule has 0 saturated heterocycles. The van der Waals surface area contributed by atoms with E-state index >= 15 is 0 Å². The van der Waals surface area contributed by atoms with Crippen LogP contribution in [0.15, 0.2) is 35.3 Å². The van der Waals surface area contributed by atoms with Crippen molar-refractivity contribution in [1.29, 1.82) is 0 Å². The standard InChI is InChI=1S/C21H32N6O/c1-4-22-21(23-12-13-28-15-17-8-6-5-7-9-17)24-18-10-11-19-25-20(16(2)3)26-27(19)14-18/h5-9,16,18H,4,10-15H2,1-3H3,(H2,22,23,24). The van der Waals surface area contributed by atoms with Crippen LogP contribution in [0.2, 0.25) is 0 Å². The highest BCUT2D eigenvalue weighted by molar-refractivity contribution is 5.80. The van der Waals surface area contributed by atoms with Crippen LogP contribution in [-0.4, -0.2) is 46.5 Å². The molecule has 7 nitrogen and oxygen atoms in total. The Kier molecular flexibility index (Phi) is 7.42. The molecular weight excluding hydrogens is 352 g/mol. The average Bonchev–Trinajstić information content (AvgIpc) is 3.12. The number of nitrogens with zero attached hydrogens (tertiary/aromatic N) is 4. The fourth-order valence-electron chi connectivity index (χ4n) is 3.19. The van der Waals surface area contributed by atoms with E-state index in [2.05, 4.69) is 58.6 Å². The van der Waals surface area contributed by atoms with Gasteiger partial charge in [0.25, 0.3) is 0 Å². The van der Waals surface area contributed by atoms with Gasteiger partial charge in [-0.2, -0.15) is 5.10 Å². The van der Waals surface area contributed by atoms with Gasteiger partial charge < -0.3 is 15.4 Å². The summed E-state index contributed by atoms with van der Waals surface area (Å²) in [6.45, 7) is 9.84. The van der Waals surface area contributed by atoms with Gasteiger partial charge in [0.2, 0.25) is 0 Å². The molecule has 0 fully saturated rings. The zero-order valence-corrected chi connectivity index (χ0v) is 17.2. The van der Waals surface area contributed by atoms with Crippen LogP contribution in [0.5, 0.6) is 0 Å². The van der Waals surface area contributed by atoms with E-state index < -0.39 is 0 Å². The van der Waals surface area contributed by atoms with E-state index in [1.165, 1.54) is 5.56 Å². The van der Waals surface area contributed by atoms with Crippen LogP contribution in [-0.2, 0) is 24.3 Å². The third-order valence-electron chi connectivity index (χ3n) is 4.69. The molecule has 2 N–H and O–H groups in total. The van der Waals surface area contributed by atoms with Gasteiger partial charge in [-0.15, -0.1) is 0 Å². The van der Waals surface area contributed by atoms with Gasteiger partial charge in [-0.25, -0.2) is 9.67 Å². The van der Waals surface area contributed by atoms with E-state index in [0.29, 0.717) is 31.7 Å². The highest BCUT2D eigenvalue weighted by Gasteiger charge is 2.23. The SMILES string of the molecule is CCNC(=NCCOCc1ccccc1)NC1CCc2nc(C(C)C)nn2C1. The minimum atomic E-state index is 0.303.